The second-order valence-electron chi connectivity index (χ2n) is 8.00. The highest BCUT2D eigenvalue weighted by atomic mass is 32.2. The number of hydrogen-bond acceptors (Lipinski definition) is 4. The number of benzene rings is 1. The molecule has 0 bridgehead atoms. The summed E-state index contributed by atoms with van der Waals surface area (Å²) in [6, 6.07) is 4.15. The Bertz CT molecular complexity index is 949. The summed E-state index contributed by atoms with van der Waals surface area (Å²) in [7, 11) is -3.57. The molecule has 1 aromatic carbocycles. The summed E-state index contributed by atoms with van der Waals surface area (Å²) < 4.78 is 29.3. The van der Waals surface area contributed by atoms with Crippen LogP contribution in [0.15, 0.2) is 23.2 Å². The van der Waals surface area contributed by atoms with E-state index in [1.54, 1.807) is 0 Å². The van der Waals surface area contributed by atoms with Crippen molar-refractivity contribution in [1.29, 1.82) is 0 Å². The van der Waals surface area contributed by atoms with E-state index in [-0.39, 0.29) is 5.92 Å². The first-order chi connectivity index (χ1) is 12.4. The Hall–Kier alpha value is -1.50. The topological polar surface area (TPSA) is 62.3 Å². The Kier molecular flexibility index (Phi) is 4.53. The van der Waals surface area contributed by atoms with E-state index in [1.165, 1.54) is 0 Å². The lowest BCUT2D eigenvalue weighted by molar-refractivity contribution is 0.300. The number of hydrogen-bond donors (Lipinski definition) is 1. The number of rotatable bonds is 6. The minimum absolute atomic E-state index is 0.267. The zero-order chi connectivity index (χ0) is 18.5. The first kappa shape index (κ1) is 17.9. The fraction of sp³-hybridized carbons (Fsp3) is 0.550. The van der Waals surface area contributed by atoms with Gasteiger partial charge in [0, 0.05) is 48.2 Å². The van der Waals surface area contributed by atoms with Gasteiger partial charge in [-0.1, -0.05) is 20.8 Å². The van der Waals surface area contributed by atoms with Crippen LogP contribution in [0.4, 0.5) is 0 Å². The van der Waals surface area contributed by atoms with Gasteiger partial charge in [-0.2, -0.15) is 0 Å². The molecule has 26 heavy (non-hydrogen) atoms. The van der Waals surface area contributed by atoms with Crippen molar-refractivity contribution in [1.82, 2.24) is 14.6 Å². The number of sulfonamides is 1. The summed E-state index contributed by atoms with van der Waals surface area (Å²) in [5, 5.41) is 1.76. The first-order valence-electron chi connectivity index (χ1n) is 9.55. The van der Waals surface area contributed by atoms with Crippen molar-refractivity contribution in [2.24, 2.45) is 5.92 Å². The first-order valence-corrected chi connectivity index (χ1v) is 11.0. The molecule has 0 radical (unpaired) electrons. The Morgan fingerprint density at radius 1 is 1.27 bits per heavy atom. The smallest absolute Gasteiger partial charge is 0.241 e. The van der Waals surface area contributed by atoms with Crippen LogP contribution in [0.25, 0.3) is 10.8 Å². The van der Waals surface area contributed by atoms with Crippen molar-refractivity contribution in [2.75, 3.05) is 13.1 Å². The van der Waals surface area contributed by atoms with E-state index in [0.717, 1.165) is 53.5 Å². The summed E-state index contributed by atoms with van der Waals surface area (Å²) in [4.78, 5) is 7.36. The number of fused-ring (bicyclic) bond motifs is 2. The molecule has 1 N–H and O–H groups in total. The van der Waals surface area contributed by atoms with Gasteiger partial charge in [0.15, 0.2) is 0 Å². The van der Waals surface area contributed by atoms with Gasteiger partial charge in [-0.3, -0.25) is 9.88 Å². The maximum absolute atomic E-state index is 13.3. The van der Waals surface area contributed by atoms with E-state index >= 15 is 0 Å². The van der Waals surface area contributed by atoms with E-state index in [2.05, 4.69) is 27.6 Å². The Balaban J connectivity index is 1.90. The molecule has 4 rings (SSSR count). The van der Waals surface area contributed by atoms with Crippen LogP contribution in [-0.2, 0) is 23.1 Å². The molecule has 0 amide bonds. The fourth-order valence-corrected chi connectivity index (χ4v) is 5.38. The van der Waals surface area contributed by atoms with Crippen molar-refractivity contribution in [3.05, 3.63) is 35.2 Å². The maximum Gasteiger partial charge on any atom is 0.241 e. The van der Waals surface area contributed by atoms with Crippen LogP contribution in [0, 0.1) is 5.92 Å². The second-order valence-corrected chi connectivity index (χ2v) is 9.70. The maximum atomic E-state index is 13.3. The molecule has 1 saturated carbocycles. The van der Waals surface area contributed by atoms with Gasteiger partial charge in [-0.15, -0.1) is 0 Å². The molecule has 5 nitrogen and oxygen atoms in total. The lowest BCUT2D eigenvalue weighted by Crippen LogP contribution is -2.29. The second kappa shape index (κ2) is 6.59. The zero-order valence-corrected chi connectivity index (χ0v) is 16.6. The van der Waals surface area contributed by atoms with Gasteiger partial charge >= 0.3 is 0 Å². The summed E-state index contributed by atoms with van der Waals surface area (Å²) >= 11 is 0. The molecule has 1 fully saturated rings. The molecule has 0 unspecified atom stereocenters. The molecule has 2 aliphatic rings. The molecule has 0 atom stereocenters. The summed E-state index contributed by atoms with van der Waals surface area (Å²) in [5.74, 6) is 0.766. The number of nitrogens with one attached hydrogen (secondary N) is 1. The third-order valence-corrected chi connectivity index (χ3v) is 6.91. The van der Waals surface area contributed by atoms with Gasteiger partial charge in [0.05, 0.1) is 4.90 Å². The van der Waals surface area contributed by atoms with Crippen molar-refractivity contribution in [3.8, 4) is 0 Å². The molecule has 2 aromatic rings. The molecule has 0 spiro atoms. The SMILES string of the molecule is CCN1Cc2cc3cnc(C4CC4)cc3c(S(=O)(=O)NCC(C)C)c2C1. The van der Waals surface area contributed by atoms with Gasteiger partial charge < -0.3 is 0 Å². The largest absolute Gasteiger partial charge is 0.295 e. The van der Waals surface area contributed by atoms with E-state index in [9.17, 15) is 8.42 Å². The van der Waals surface area contributed by atoms with Crippen molar-refractivity contribution in [2.45, 2.75) is 57.5 Å². The average Bonchev–Trinajstić information content (AvgIpc) is 3.37. The predicted molar refractivity (Wildman–Crippen MR) is 104 cm³/mol. The molecular weight excluding hydrogens is 346 g/mol. The molecular formula is C20H27N3O2S. The third kappa shape index (κ3) is 3.26. The van der Waals surface area contributed by atoms with Gasteiger partial charge in [0.1, 0.15) is 0 Å². The Morgan fingerprint density at radius 3 is 2.69 bits per heavy atom. The minimum atomic E-state index is -3.57. The van der Waals surface area contributed by atoms with Crippen molar-refractivity contribution >= 4 is 20.8 Å². The summed E-state index contributed by atoms with van der Waals surface area (Å²) in [6.45, 7) is 9.01. The van der Waals surface area contributed by atoms with Gasteiger partial charge in [0.25, 0.3) is 0 Å². The van der Waals surface area contributed by atoms with Crippen LogP contribution in [0.1, 0.15) is 56.4 Å². The summed E-state index contributed by atoms with van der Waals surface area (Å²) in [6.07, 6.45) is 4.17. The van der Waals surface area contributed by atoms with Crippen LogP contribution in [-0.4, -0.2) is 31.4 Å². The monoisotopic (exact) mass is 373 g/mol. The van der Waals surface area contributed by atoms with Crippen molar-refractivity contribution in [3.63, 3.8) is 0 Å². The molecule has 1 aliphatic heterocycles. The quantitative estimate of drug-likeness (QED) is 0.843. The molecule has 1 aromatic heterocycles. The van der Waals surface area contributed by atoms with Crippen LogP contribution >= 0.6 is 0 Å². The third-order valence-electron chi connectivity index (χ3n) is 5.36. The molecule has 0 saturated heterocycles. The van der Waals surface area contributed by atoms with Crippen LogP contribution in [0.3, 0.4) is 0 Å². The molecule has 140 valence electrons. The lowest BCUT2D eigenvalue weighted by atomic mass is 10.0. The van der Waals surface area contributed by atoms with Crippen LogP contribution in [0.5, 0.6) is 0 Å². The molecule has 2 heterocycles. The highest BCUT2D eigenvalue weighted by Crippen LogP contribution is 2.41. The Labute approximate surface area is 155 Å². The molecule has 6 heteroatoms. The number of pyridine rings is 1. The fourth-order valence-electron chi connectivity index (χ4n) is 3.69. The van der Waals surface area contributed by atoms with E-state index in [0.29, 0.717) is 23.9 Å². The standard InChI is InChI=1S/C20H27N3O2S/c1-4-23-11-16-7-15-10-21-19(14-5-6-14)8-17(15)20(18(16)12-23)26(24,25)22-9-13(2)3/h7-8,10,13-14,22H,4-6,9,11-12H2,1-3H3. The zero-order valence-electron chi connectivity index (χ0n) is 15.7. The highest BCUT2D eigenvalue weighted by molar-refractivity contribution is 7.89. The molecule has 1 aliphatic carbocycles. The van der Waals surface area contributed by atoms with E-state index in [1.807, 2.05) is 26.1 Å². The van der Waals surface area contributed by atoms with Crippen LogP contribution in [0.2, 0.25) is 0 Å². The Morgan fingerprint density at radius 2 is 2.04 bits per heavy atom. The van der Waals surface area contributed by atoms with E-state index in [4.69, 9.17) is 0 Å². The van der Waals surface area contributed by atoms with Gasteiger partial charge in [-0.05, 0) is 48.6 Å². The van der Waals surface area contributed by atoms with Crippen LogP contribution < -0.4 is 4.72 Å². The number of aromatic nitrogens is 1. The van der Waals surface area contributed by atoms with Gasteiger partial charge in [-0.25, -0.2) is 13.1 Å². The lowest BCUT2D eigenvalue weighted by Gasteiger charge is -2.16. The van der Waals surface area contributed by atoms with Crippen molar-refractivity contribution < 1.29 is 8.42 Å². The average molecular weight is 374 g/mol. The predicted octanol–water partition coefficient (Wildman–Crippen LogP) is 3.38. The highest BCUT2D eigenvalue weighted by Gasteiger charge is 2.31. The normalized spacial score (nSPS) is 18.0. The van der Waals surface area contributed by atoms with E-state index < -0.39 is 10.0 Å². The number of nitrogens with zero attached hydrogens (tertiary/aromatic N) is 2. The minimum Gasteiger partial charge on any atom is -0.295 e. The summed E-state index contributed by atoms with van der Waals surface area (Å²) in [5.41, 5.74) is 3.11. The van der Waals surface area contributed by atoms with Gasteiger partial charge in [0.2, 0.25) is 10.0 Å².